The Morgan fingerprint density at radius 3 is 2.76 bits per heavy atom. The number of benzene rings is 1. The third-order valence-corrected chi connectivity index (χ3v) is 3.56. The van der Waals surface area contributed by atoms with Crippen molar-refractivity contribution in [3.8, 4) is 5.75 Å². The van der Waals surface area contributed by atoms with Gasteiger partial charge in [-0.2, -0.15) is 0 Å². The Morgan fingerprint density at radius 1 is 1.19 bits per heavy atom. The average molecular weight is 283 g/mol. The molecule has 0 atom stereocenters. The summed E-state index contributed by atoms with van der Waals surface area (Å²) in [5, 5.41) is 12.2. The van der Waals surface area contributed by atoms with Gasteiger partial charge in [0.25, 0.3) is 5.91 Å². The molecule has 3 rings (SSSR count). The molecule has 0 radical (unpaired) electrons. The SMILES string of the molecule is O=C(Nc1cccc(N2CCCC2)c1)c1cncc(O)c1. The lowest BCUT2D eigenvalue weighted by atomic mass is 10.2. The number of hydrogen-bond donors (Lipinski definition) is 2. The van der Waals surface area contributed by atoms with Gasteiger partial charge in [-0.15, -0.1) is 0 Å². The summed E-state index contributed by atoms with van der Waals surface area (Å²) < 4.78 is 0. The summed E-state index contributed by atoms with van der Waals surface area (Å²) in [6, 6.07) is 9.21. The van der Waals surface area contributed by atoms with E-state index in [9.17, 15) is 9.90 Å². The van der Waals surface area contributed by atoms with Crippen LogP contribution in [0.4, 0.5) is 11.4 Å². The Hall–Kier alpha value is -2.56. The standard InChI is InChI=1S/C16H17N3O2/c20-15-8-12(10-17-11-15)16(21)18-13-4-3-5-14(9-13)19-6-1-2-7-19/h3-5,8-11,20H,1-2,6-7H2,(H,18,21). The van der Waals surface area contributed by atoms with Gasteiger partial charge in [-0.1, -0.05) is 6.07 Å². The highest BCUT2D eigenvalue weighted by molar-refractivity contribution is 6.04. The maximum atomic E-state index is 12.1. The summed E-state index contributed by atoms with van der Waals surface area (Å²) in [7, 11) is 0. The van der Waals surface area contributed by atoms with E-state index in [0.717, 1.165) is 24.5 Å². The minimum Gasteiger partial charge on any atom is -0.506 e. The summed E-state index contributed by atoms with van der Waals surface area (Å²) in [6.07, 6.45) is 5.15. The van der Waals surface area contributed by atoms with Crippen LogP contribution < -0.4 is 10.2 Å². The number of pyridine rings is 1. The predicted octanol–water partition coefficient (Wildman–Crippen LogP) is 2.64. The highest BCUT2D eigenvalue weighted by atomic mass is 16.3. The minimum atomic E-state index is -0.281. The highest BCUT2D eigenvalue weighted by Crippen LogP contribution is 2.23. The lowest BCUT2D eigenvalue weighted by molar-refractivity contribution is 0.102. The fourth-order valence-corrected chi connectivity index (χ4v) is 2.51. The number of nitrogens with one attached hydrogen (secondary N) is 1. The molecule has 0 aliphatic carbocycles. The van der Waals surface area contributed by atoms with Gasteiger partial charge >= 0.3 is 0 Å². The van der Waals surface area contributed by atoms with E-state index in [1.165, 1.54) is 31.3 Å². The number of aromatic hydroxyl groups is 1. The minimum absolute atomic E-state index is 0.0199. The molecular weight excluding hydrogens is 266 g/mol. The summed E-state index contributed by atoms with van der Waals surface area (Å²) in [5.41, 5.74) is 2.20. The van der Waals surface area contributed by atoms with Crippen molar-refractivity contribution in [2.75, 3.05) is 23.3 Å². The van der Waals surface area contributed by atoms with Crippen molar-refractivity contribution in [1.82, 2.24) is 4.98 Å². The van der Waals surface area contributed by atoms with E-state index in [0.29, 0.717) is 5.56 Å². The second-order valence-electron chi connectivity index (χ2n) is 5.13. The number of amides is 1. The molecular formula is C16H17N3O2. The fraction of sp³-hybridized carbons (Fsp3) is 0.250. The summed E-state index contributed by atoms with van der Waals surface area (Å²) in [4.78, 5) is 18.2. The quantitative estimate of drug-likeness (QED) is 0.909. The second-order valence-corrected chi connectivity index (χ2v) is 5.13. The van der Waals surface area contributed by atoms with E-state index in [1.54, 1.807) is 0 Å². The van der Waals surface area contributed by atoms with Gasteiger partial charge in [0, 0.05) is 30.7 Å². The Kier molecular flexibility index (Phi) is 3.73. The van der Waals surface area contributed by atoms with Gasteiger partial charge in [0.1, 0.15) is 5.75 Å². The van der Waals surface area contributed by atoms with E-state index < -0.39 is 0 Å². The number of hydrogen-bond acceptors (Lipinski definition) is 4. The van der Waals surface area contributed by atoms with Crippen LogP contribution in [0.3, 0.4) is 0 Å². The molecule has 1 aromatic carbocycles. The van der Waals surface area contributed by atoms with Crippen molar-refractivity contribution in [2.24, 2.45) is 0 Å². The van der Waals surface area contributed by atoms with E-state index >= 15 is 0 Å². The van der Waals surface area contributed by atoms with Crippen LogP contribution in [-0.2, 0) is 0 Å². The van der Waals surface area contributed by atoms with Gasteiger partial charge in [-0.25, -0.2) is 0 Å². The van der Waals surface area contributed by atoms with E-state index in [1.807, 2.05) is 18.2 Å². The van der Waals surface area contributed by atoms with Gasteiger partial charge in [0.15, 0.2) is 0 Å². The zero-order valence-electron chi connectivity index (χ0n) is 11.6. The van der Waals surface area contributed by atoms with Crippen LogP contribution in [0, 0.1) is 0 Å². The van der Waals surface area contributed by atoms with Crippen LogP contribution in [0.5, 0.6) is 5.75 Å². The molecule has 5 nitrogen and oxygen atoms in total. The maximum absolute atomic E-state index is 12.1. The molecule has 1 aliphatic heterocycles. The summed E-state index contributed by atoms with van der Waals surface area (Å²) in [5.74, 6) is -0.301. The lowest BCUT2D eigenvalue weighted by Crippen LogP contribution is -2.18. The molecule has 2 heterocycles. The molecule has 1 saturated heterocycles. The van der Waals surface area contributed by atoms with Crippen molar-refractivity contribution in [1.29, 1.82) is 0 Å². The number of carbonyl (C=O) groups excluding carboxylic acids is 1. The first-order valence-corrected chi connectivity index (χ1v) is 7.03. The topological polar surface area (TPSA) is 65.5 Å². The average Bonchev–Trinajstić information content (AvgIpc) is 3.02. The normalized spacial score (nSPS) is 14.2. The molecule has 1 aliphatic rings. The van der Waals surface area contributed by atoms with Gasteiger partial charge in [0.05, 0.1) is 11.8 Å². The molecule has 21 heavy (non-hydrogen) atoms. The predicted molar refractivity (Wildman–Crippen MR) is 81.7 cm³/mol. The zero-order valence-corrected chi connectivity index (χ0v) is 11.6. The molecule has 5 heteroatoms. The summed E-state index contributed by atoms with van der Waals surface area (Å²) in [6.45, 7) is 2.13. The van der Waals surface area contributed by atoms with Crippen molar-refractivity contribution in [3.05, 3.63) is 48.3 Å². The summed E-state index contributed by atoms with van der Waals surface area (Å²) >= 11 is 0. The Bertz CT molecular complexity index is 651. The second kappa shape index (κ2) is 5.83. The first-order valence-electron chi connectivity index (χ1n) is 7.03. The maximum Gasteiger partial charge on any atom is 0.257 e. The first-order chi connectivity index (χ1) is 10.2. The largest absolute Gasteiger partial charge is 0.506 e. The molecule has 1 aromatic heterocycles. The van der Waals surface area contributed by atoms with Crippen LogP contribution in [-0.4, -0.2) is 29.1 Å². The number of anilines is 2. The van der Waals surface area contributed by atoms with E-state index in [2.05, 4.69) is 21.3 Å². The Balaban J connectivity index is 1.75. The number of rotatable bonds is 3. The van der Waals surface area contributed by atoms with Crippen molar-refractivity contribution in [2.45, 2.75) is 12.8 Å². The molecule has 0 saturated carbocycles. The first kappa shape index (κ1) is 13.4. The van der Waals surface area contributed by atoms with Crippen LogP contribution in [0.2, 0.25) is 0 Å². The monoisotopic (exact) mass is 283 g/mol. The van der Waals surface area contributed by atoms with Gasteiger partial charge in [0.2, 0.25) is 0 Å². The third-order valence-electron chi connectivity index (χ3n) is 3.56. The molecule has 0 bridgehead atoms. The molecule has 0 spiro atoms. The molecule has 2 N–H and O–H groups in total. The number of aromatic nitrogens is 1. The fourth-order valence-electron chi connectivity index (χ4n) is 2.51. The van der Waals surface area contributed by atoms with Gasteiger partial charge in [-0.3, -0.25) is 9.78 Å². The van der Waals surface area contributed by atoms with Gasteiger partial charge in [-0.05, 0) is 37.1 Å². The molecule has 0 unspecified atom stereocenters. The Labute approximate surface area is 123 Å². The van der Waals surface area contributed by atoms with Crippen molar-refractivity contribution >= 4 is 17.3 Å². The highest BCUT2D eigenvalue weighted by Gasteiger charge is 2.13. The Morgan fingerprint density at radius 2 is 2.00 bits per heavy atom. The van der Waals surface area contributed by atoms with Crippen LogP contribution >= 0.6 is 0 Å². The van der Waals surface area contributed by atoms with Crippen LogP contribution in [0.1, 0.15) is 23.2 Å². The van der Waals surface area contributed by atoms with Crippen LogP contribution in [0.15, 0.2) is 42.7 Å². The molecule has 1 amide bonds. The molecule has 2 aromatic rings. The lowest BCUT2D eigenvalue weighted by Gasteiger charge is -2.18. The number of carbonyl (C=O) groups is 1. The van der Waals surface area contributed by atoms with E-state index in [-0.39, 0.29) is 11.7 Å². The van der Waals surface area contributed by atoms with E-state index in [4.69, 9.17) is 0 Å². The molecule has 108 valence electrons. The van der Waals surface area contributed by atoms with Gasteiger partial charge < -0.3 is 15.3 Å². The third kappa shape index (κ3) is 3.13. The number of nitrogens with zero attached hydrogens (tertiary/aromatic N) is 2. The smallest absolute Gasteiger partial charge is 0.257 e. The molecule has 1 fully saturated rings. The zero-order chi connectivity index (χ0) is 14.7. The van der Waals surface area contributed by atoms with Crippen molar-refractivity contribution < 1.29 is 9.90 Å². The van der Waals surface area contributed by atoms with Crippen LogP contribution in [0.25, 0.3) is 0 Å². The van der Waals surface area contributed by atoms with Crippen molar-refractivity contribution in [3.63, 3.8) is 0 Å².